The maximum atomic E-state index is 11.2. The number of nitrogens with one attached hydrogen (secondary N) is 1. The van der Waals surface area contributed by atoms with Crippen LogP contribution < -0.4 is 5.32 Å². The monoisotopic (exact) mass is 228 g/mol. The molecule has 0 fully saturated rings. The van der Waals surface area contributed by atoms with E-state index in [4.69, 9.17) is 16.7 Å². The molecule has 0 atom stereocenters. The van der Waals surface area contributed by atoms with Crippen LogP contribution in [-0.4, -0.2) is 22.0 Å². The lowest BCUT2D eigenvalue weighted by Gasteiger charge is -2.03. The minimum atomic E-state index is -1.00. The molecular formula is C9H9ClN2O3. The van der Waals surface area contributed by atoms with Gasteiger partial charge in [-0.3, -0.25) is 9.59 Å². The molecule has 0 spiro atoms. The van der Waals surface area contributed by atoms with E-state index in [1.165, 1.54) is 12.3 Å². The maximum absolute atomic E-state index is 11.2. The molecule has 5 nitrogen and oxygen atoms in total. The van der Waals surface area contributed by atoms with Crippen LogP contribution in [0.3, 0.4) is 0 Å². The molecule has 0 aliphatic carbocycles. The van der Waals surface area contributed by atoms with Crippen molar-refractivity contribution < 1.29 is 14.7 Å². The average Bonchev–Trinajstić information content (AvgIpc) is 2.15. The normalized spacial score (nSPS) is 9.67. The van der Waals surface area contributed by atoms with E-state index < -0.39 is 5.97 Å². The molecule has 0 aromatic carbocycles. The third-order valence-corrected chi connectivity index (χ3v) is 1.78. The van der Waals surface area contributed by atoms with Crippen molar-refractivity contribution in [3.63, 3.8) is 0 Å². The first-order valence-electron chi connectivity index (χ1n) is 4.21. The van der Waals surface area contributed by atoms with Gasteiger partial charge < -0.3 is 10.4 Å². The molecule has 1 heterocycles. The molecule has 1 rings (SSSR count). The Hall–Kier alpha value is -1.62. The highest BCUT2D eigenvalue weighted by atomic mass is 35.5. The van der Waals surface area contributed by atoms with Gasteiger partial charge in [0, 0.05) is 18.3 Å². The Morgan fingerprint density at radius 1 is 1.47 bits per heavy atom. The van der Waals surface area contributed by atoms with E-state index in [1.807, 2.05) is 0 Å². The Bertz CT molecular complexity index is 381. The van der Waals surface area contributed by atoms with Gasteiger partial charge in [-0.25, -0.2) is 4.98 Å². The van der Waals surface area contributed by atoms with Gasteiger partial charge in [-0.1, -0.05) is 11.6 Å². The summed E-state index contributed by atoms with van der Waals surface area (Å²) in [7, 11) is 0. The van der Waals surface area contributed by atoms with Crippen LogP contribution in [0.4, 0.5) is 5.69 Å². The first kappa shape index (κ1) is 11.5. The number of halogens is 1. The number of nitrogens with zero attached hydrogens (tertiary/aromatic N) is 1. The molecule has 0 saturated heterocycles. The zero-order chi connectivity index (χ0) is 11.3. The number of carbonyl (C=O) groups excluding carboxylic acids is 1. The number of amides is 1. The third kappa shape index (κ3) is 4.42. The van der Waals surface area contributed by atoms with Crippen molar-refractivity contribution in [3.05, 3.63) is 23.5 Å². The molecule has 1 aromatic rings. The van der Waals surface area contributed by atoms with E-state index in [9.17, 15) is 9.59 Å². The van der Waals surface area contributed by atoms with Crippen LogP contribution in [-0.2, 0) is 9.59 Å². The van der Waals surface area contributed by atoms with E-state index in [1.54, 1.807) is 6.07 Å². The second kappa shape index (κ2) is 5.31. The van der Waals surface area contributed by atoms with Crippen LogP contribution in [0.15, 0.2) is 18.3 Å². The van der Waals surface area contributed by atoms with Crippen molar-refractivity contribution in [1.29, 1.82) is 0 Å². The van der Waals surface area contributed by atoms with Gasteiger partial charge in [-0.2, -0.15) is 0 Å². The summed E-state index contributed by atoms with van der Waals surface area (Å²) < 4.78 is 0. The summed E-state index contributed by atoms with van der Waals surface area (Å²) in [5.41, 5.74) is 0.505. The van der Waals surface area contributed by atoms with Gasteiger partial charge in [0.2, 0.25) is 5.91 Å². The van der Waals surface area contributed by atoms with E-state index >= 15 is 0 Å². The average molecular weight is 229 g/mol. The van der Waals surface area contributed by atoms with Gasteiger partial charge in [0.1, 0.15) is 5.15 Å². The predicted molar refractivity (Wildman–Crippen MR) is 54.7 cm³/mol. The first-order valence-corrected chi connectivity index (χ1v) is 4.59. The van der Waals surface area contributed by atoms with Crippen molar-refractivity contribution in [2.75, 3.05) is 5.32 Å². The Labute approximate surface area is 91.1 Å². The molecule has 0 saturated carbocycles. The summed E-state index contributed by atoms with van der Waals surface area (Å²) >= 11 is 5.60. The van der Waals surface area contributed by atoms with E-state index in [0.29, 0.717) is 5.69 Å². The molecule has 0 aliphatic rings. The Morgan fingerprint density at radius 3 is 2.80 bits per heavy atom. The van der Waals surface area contributed by atoms with Gasteiger partial charge in [0.15, 0.2) is 0 Å². The van der Waals surface area contributed by atoms with Crippen molar-refractivity contribution >= 4 is 29.2 Å². The van der Waals surface area contributed by atoms with E-state index in [2.05, 4.69) is 10.3 Å². The fraction of sp³-hybridized carbons (Fsp3) is 0.222. The smallest absolute Gasteiger partial charge is 0.303 e. The number of carbonyl (C=O) groups is 2. The second-order valence-electron chi connectivity index (χ2n) is 2.81. The lowest BCUT2D eigenvalue weighted by atomic mass is 10.3. The highest BCUT2D eigenvalue weighted by Crippen LogP contribution is 2.12. The number of rotatable bonds is 4. The lowest BCUT2D eigenvalue weighted by molar-refractivity contribution is -0.138. The minimum Gasteiger partial charge on any atom is -0.481 e. The van der Waals surface area contributed by atoms with Crippen molar-refractivity contribution in [1.82, 2.24) is 4.98 Å². The van der Waals surface area contributed by atoms with Crippen LogP contribution >= 0.6 is 11.6 Å². The second-order valence-corrected chi connectivity index (χ2v) is 3.20. The maximum Gasteiger partial charge on any atom is 0.303 e. The zero-order valence-electron chi connectivity index (χ0n) is 7.74. The standard InChI is InChI=1S/C9H9ClN2O3/c10-7-5-6(3-4-11-7)12-8(13)1-2-9(14)15/h3-5H,1-2H2,(H,14,15)(H,11,12,13). The molecule has 6 heteroatoms. The van der Waals surface area contributed by atoms with Gasteiger partial charge in [0.25, 0.3) is 0 Å². The fourth-order valence-electron chi connectivity index (χ4n) is 0.924. The Morgan fingerprint density at radius 2 is 2.20 bits per heavy atom. The van der Waals surface area contributed by atoms with Crippen LogP contribution in [0.1, 0.15) is 12.8 Å². The number of anilines is 1. The van der Waals surface area contributed by atoms with Crippen LogP contribution in [0.25, 0.3) is 0 Å². The van der Waals surface area contributed by atoms with Crippen LogP contribution in [0.2, 0.25) is 5.15 Å². The summed E-state index contributed by atoms with van der Waals surface area (Å²) in [4.78, 5) is 25.1. The number of hydrogen-bond donors (Lipinski definition) is 2. The Kier molecular flexibility index (Phi) is 4.05. The summed E-state index contributed by atoms with van der Waals surface area (Å²) in [5, 5.41) is 11.1. The topological polar surface area (TPSA) is 79.3 Å². The van der Waals surface area contributed by atoms with Crippen molar-refractivity contribution in [3.8, 4) is 0 Å². The fourth-order valence-corrected chi connectivity index (χ4v) is 1.10. The Balaban J connectivity index is 2.48. The van der Waals surface area contributed by atoms with Crippen molar-refractivity contribution in [2.45, 2.75) is 12.8 Å². The number of aliphatic carboxylic acids is 1. The molecular weight excluding hydrogens is 220 g/mol. The molecule has 2 N–H and O–H groups in total. The number of carboxylic acid groups (broad SMARTS) is 1. The molecule has 80 valence electrons. The molecule has 1 amide bonds. The highest BCUT2D eigenvalue weighted by molar-refractivity contribution is 6.29. The minimum absolute atomic E-state index is 0.0602. The molecule has 0 bridgehead atoms. The summed E-state index contributed by atoms with van der Waals surface area (Å²) in [6, 6.07) is 3.06. The molecule has 15 heavy (non-hydrogen) atoms. The first-order chi connectivity index (χ1) is 7.08. The zero-order valence-corrected chi connectivity index (χ0v) is 8.49. The summed E-state index contributed by atoms with van der Waals surface area (Å²) in [6.07, 6.45) is 1.20. The SMILES string of the molecule is O=C(O)CCC(=O)Nc1ccnc(Cl)c1. The molecule has 0 aliphatic heterocycles. The molecule has 0 radical (unpaired) electrons. The largest absolute Gasteiger partial charge is 0.481 e. The van der Waals surface area contributed by atoms with Gasteiger partial charge in [-0.05, 0) is 12.1 Å². The summed E-state index contributed by atoms with van der Waals surface area (Å²) in [6.45, 7) is 0. The van der Waals surface area contributed by atoms with Crippen molar-refractivity contribution in [2.24, 2.45) is 0 Å². The number of pyridine rings is 1. The predicted octanol–water partition coefficient (Wildman–Crippen LogP) is 1.54. The van der Waals surface area contributed by atoms with E-state index in [-0.39, 0.29) is 23.9 Å². The molecule has 1 aromatic heterocycles. The lowest BCUT2D eigenvalue weighted by Crippen LogP contribution is -2.13. The van der Waals surface area contributed by atoms with Gasteiger partial charge >= 0.3 is 5.97 Å². The molecule has 0 unspecified atom stereocenters. The van der Waals surface area contributed by atoms with E-state index in [0.717, 1.165) is 0 Å². The van der Waals surface area contributed by atoms with Gasteiger partial charge in [-0.15, -0.1) is 0 Å². The number of hydrogen-bond acceptors (Lipinski definition) is 3. The van der Waals surface area contributed by atoms with Crippen LogP contribution in [0, 0.1) is 0 Å². The highest BCUT2D eigenvalue weighted by Gasteiger charge is 2.05. The quantitative estimate of drug-likeness (QED) is 0.766. The number of aromatic nitrogens is 1. The summed E-state index contributed by atoms with van der Waals surface area (Å²) in [5.74, 6) is -1.36. The van der Waals surface area contributed by atoms with Crippen LogP contribution in [0.5, 0.6) is 0 Å². The van der Waals surface area contributed by atoms with Gasteiger partial charge in [0.05, 0.1) is 6.42 Å². The number of carboxylic acids is 1. The third-order valence-electron chi connectivity index (χ3n) is 1.58.